The average Bonchev–Trinajstić information content (AvgIpc) is 2.23. The summed E-state index contributed by atoms with van der Waals surface area (Å²) in [5.41, 5.74) is 0.330. The lowest BCUT2D eigenvalue weighted by atomic mass is 10.1. The minimum Gasteiger partial charge on any atom is -0.466 e. The number of carbonyl (C=O) groups excluding carboxylic acids is 1. The molecule has 3 nitrogen and oxygen atoms in total. The normalized spacial score (nSPS) is 9.62. The van der Waals surface area contributed by atoms with E-state index in [1.54, 1.807) is 13.0 Å². The maximum atomic E-state index is 13.3. The number of nitrogens with zero attached hydrogens (tertiary/aromatic N) is 1. The highest BCUT2D eigenvalue weighted by molar-refractivity contribution is 7.80. The van der Waals surface area contributed by atoms with E-state index in [4.69, 9.17) is 10.00 Å². The molecule has 0 N–H and O–H groups in total. The van der Waals surface area contributed by atoms with Gasteiger partial charge in [0.2, 0.25) is 0 Å². The molecule has 1 aromatic rings. The van der Waals surface area contributed by atoms with Crippen LogP contribution in [0.4, 0.5) is 4.39 Å². The Hall–Kier alpha value is -1.54. The molecule has 0 bridgehead atoms. The van der Waals surface area contributed by atoms with E-state index in [0.717, 1.165) is 6.07 Å². The number of nitriles is 1. The van der Waals surface area contributed by atoms with Gasteiger partial charge in [-0.3, -0.25) is 4.79 Å². The maximum Gasteiger partial charge on any atom is 0.310 e. The Morgan fingerprint density at radius 2 is 2.31 bits per heavy atom. The first-order chi connectivity index (χ1) is 7.58. The molecule has 0 saturated heterocycles. The van der Waals surface area contributed by atoms with E-state index in [0.29, 0.717) is 10.5 Å². The van der Waals surface area contributed by atoms with E-state index >= 15 is 0 Å². The summed E-state index contributed by atoms with van der Waals surface area (Å²) in [6.45, 7) is 1.97. The van der Waals surface area contributed by atoms with Gasteiger partial charge in [0.1, 0.15) is 11.9 Å². The molecule has 0 atom stereocenters. The van der Waals surface area contributed by atoms with Crippen LogP contribution in [0, 0.1) is 17.1 Å². The van der Waals surface area contributed by atoms with Crippen molar-refractivity contribution >= 4 is 18.6 Å². The van der Waals surface area contributed by atoms with Crippen LogP contribution in [0.15, 0.2) is 17.0 Å². The monoisotopic (exact) mass is 239 g/mol. The van der Waals surface area contributed by atoms with E-state index in [1.165, 1.54) is 6.07 Å². The fraction of sp³-hybridized carbons (Fsp3) is 0.273. The van der Waals surface area contributed by atoms with E-state index in [2.05, 4.69) is 12.6 Å². The van der Waals surface area contributed by atoms with E-state index < -0.39 is 11.8 Å². The molecular formula is C11H10FNO2S. The molecule has 0 aliphatic carbocycles. The first kappa shape index (κ1) is 12.5. The Balaban J connectivity index is 2.95. The molecule has 0 spiro atoms. The van der Waals surface area contributed by atoms with Crippen molar-refractivity contribution in [2.24, 2.45) is 0 Å². The van der Waals surface area contributed by atoms with Gasteiger partial charge in [0.25, 0.3) is 0 Å². The summed E-state index contributed by atoms with van der Waals surface area (Å²) < 4.78 is 18.0. The van der Waals surface area contributed by atoms with E-state index in [1.807, 2.05) is 0 Å². The standard InChI is InChI=1S/C11H10FNO2S/c1-2-15-11(14)5-7-3-9(12)8(6-13)4-10(7)16/h3-4,16H,2,5H2,1H3. The molecule has 84 valence electrons. The molecule has 16 heavy (non-hydrogen) atoms. The van der Waals surface area contributed by atoms with Crippen LogP contribution in [-0.2, 0) is 16.0 Å². The zero-order chi connectivity index (χ0) is 12.1. The molecule has 5 heteroatoms. The highest BCUT2D eigenvalue weighted by Gasteiger charge is 2.11. The number of hydrogen-bond donors (Lipinski definition) is 1. The molecule has 0 aliphatic rings. The van der Waals surface area contributed by atoms with Crippen LogP contribution in [0.2, 0.25) is 0 Å². The summed E-state index contributed by atoms with van der Waals surface area (Å²) in [5.74, 6) is -1.10. The largest absolute Gasteiger partial charge is 0.466 e. The number of thiol groups is 1. The Labute approximate surface area is 98.2 Å². The molecule has 1 aromatic carbocycles. The van der Waals surface area contributed by atoms with Crippen molar-refractivity contribution in [1.82, 2.24) is 0 Å². The van der Waals surface area contributed by atoms with Crippen molar-refractivity contribution in [2.75, 3.05) is 6.61 Å². The van der Waals surface area contributed by atoms with Crippen LogP contribution < -0.4 is 0 Å². The SMILES string of the molecule is CCOC(=O)Cc1cc(F)c(C#N)cc1S. The quantitative estimate of drug-likeness (QED) is 0.649. The van der Waals surface area contributed by atoms with E-state index in [-0.39, 0.29) is 18.6 Å². The van der Waals surface area contributed by atoms with Gasteiger partial charge in [0, 0.05) is 4.90 Å². The summed E-state index contributed by atoms with van der Waals surface area (Å²) in [7, 11) is 0. The molecule has 0 unspecified atom stereocenters. The number of benzene rings is 1. The number of hydrogen-bond acceptors (Lipinski definition) is 4. The van der Waals surface area contributed by atoms with Crippen LogP contribution in [-0.4, -0.2) is 12.6 Å². The second-order valence-electron chi connectivity index (χ2n) is 3.05. The molecule has 0 amide bonds. The van der Waals surface area contributed by atoms with Crippen LogP contribution in [0.5, 0.6) is 0 Å². The number of carbonyl (C=O) groups is 1. The molecule has 0 aromatic heterocycles. The van der Waals surface area contributed by atoms with Gasteiger partial charge >= 0.3 is 5.97 Å². The van der Waals surface area contributed by atoms with Crippen molar-refractivity contribution < 1.29 is 13.9 Å². The Kier molecular flexibility index (Phi) is 4.32. The lowest BCUT2D eigenvalue weighted by Crippen LogP contribution is -2.08. The first-order valence-corrected chi connectivity index (χ1v) is 5.10. The Morgan fingerprint density at radius 1 is 1.62 bits per heavy atom. The second-order valence-corrected chi connectivity index (χ2v) is 3.54. The van der Waals surface area contributed by atoms with Crippen molar-refractivity contribution in [2.45, 2.75) is 18.2 Å². The molecule has 0 fully saturated rings. The fourth-order valence-electron chi connectivity index (χ4n) is 1.20. The van der Waals surface area contributed by atoms with Gasteiger partial charge in [0.05, 0.1) is 18.6 Å². The van der Waals surface area contributed by atoms with Gasteiger partial charge in [-0.1, -0.05) is 0 Å². The predicted octanol–water partition coefficient (Wildman–Crippen LogP) is 2.09. The minimum absolute atomic E-state index is 0.0463. The highest BCUT2D eigenvalue weighted by Crippen LogP contribution is 2.19. The third-order valence-electron chi connectivity index (χ3n) is 1.93. The minimum atomic E-state index is -0.653. The summed E-state index contributed by atoms with van der Waals surface area (Å²) in [6.07, 6.45) is -0.0463. The van der Waals surface area contributed by atoms with Crippen molar-refractivity contribution in [3.05, 3.63) is 29.1 Å². The summed E-state index contributed by atoms with van der Waals surface area (Å²) in [6, 6.07) is 4.14. The molecule has 0 radical (unpaired) electrons. The lowest BCUT2D eigenvalue weighted by molar-refractivity contribution is -0.142. The summed E-state index contributed by atoms with van der Waals surface area (Å²) >= 11 is 4.09. The van der Waals surface area contributed by atoms with Gasteiger partial charge in [-0.2, -0.15) is 5.26 Å². The van der Waals surface area contributed by atoms with Gasteiger partial charge in [-0.05, 0) is 24.6 Å². The zero-order valence-electron chi connectivity index (χ0n) is 8.66. The van der Waals surface area contributed by atoms with E-state index in [9.17, 15) is 9.18 Å². The van der Waals surface area contributed by atoms with Gasteiger partial charge in [-0.15, -0.1) is 12.6 Å². The number of ether oxygens (including phenoxy) is 1. The molecular weight excluding hydrogens is 229 g/mol. The average molecular weight is 239 g/mol. The zero-order valence-corrected chi connectivity index (χ0v) is 9.55. The van der Waals surface area contributed by atoms with Gasteiger partial charge in [0.15, 0.2) is 0 Å². The number of halogens is 1. The number of rotatable bonds is 3. The fourth-order valence-corrected chi connectivity index (χ4v) is 1.47. The topological polar surface area (TPSA) is 50.1 Å². The van der Waals surface area contributed by atoms with Crippen molar-refractivity contribution in [3.63, 3.8) is 0 Å². The molecule has 0 saturated carbocycles. The molecule has 1 rings (SSSR count). The van der Waals surface area contributed by atoms with Crippen LogP contribution >= 0.6 is 12.6 Å². The molecule has 0 aliphatic heterocycles. The number of esters is 1. The summed E-state index contributed by atoms with van der Waals surface area (Å²) in [5, 5.41) is 8.58. The van der Waals surface area contributed by atoms with Crippen LogP contribution in [0.25, 0.3) is 0 Å². The van der Waals surface area contributed by atoms with Crippen molar-refractivity contribution in [3.8, 4) is 6.07 Å². The summed E-state index contributed by atoms with van der Waals surface area (Å²) in [4.78, 5) is 11.6. The van der Waals surface area contributed by atoms with Crippen LogP contribution in [0.1, 0.15) is 18.1 Å². The molecule has 0 heterocycles. The smallest absolute Gasteiger partial charge is 0.310 e. The van der Waals surface area contributed by atoms with Gasteiger partial charge < -0.3 is 4.74 Å². The van der Waals surface area contributed by atoms with Gasteiger partial charge in [-0.25, -0.2) is 4.39 Å². The van der Waals surface area contributed by atoms with Crippen molar-refractivity contribution in [1.29, 1.82) is 5.26 Å². The lowest BCUT2D eigenvalue weighted by Gasteiger charge is -2.06. The highest BCUT2D eigenvalue weighted by atomic mass is 32.1. The van der Waals surface area contributed by atoms with Crippen LogP contribution in [0.3, 0.4) is 0 Å². The Bertz CT molecular complexity index is 454. The second kappa shape index (κ2) is 5.52. The first-order valence-electron chi connectivity index (χ1n) is 4.65. The third-order valence-corrected chi connectivity index (χ3v) is 2.35. The maximum absolute atomic E-state index is 13.3. The third kappa shape index (κ3) is 2.97. The Morgan fingerprint density at radius 3 is 2.88 bits per heavy atom. The predicted molar refractivity (Wildman–Crippen MR) is 58.7 cm³/mol.